The smallest absolute Gasteiger partial charge is 0.407 e. The summed E-state index contributed by atoms with van der Waals surface area (Å²) in [5, 5.41) is 6.29. The maximum Gasteiger partial charge on any atom is 0.407 e. The first-order valence-electron chi connectivity index (χ1n) is 8.17. The number of alkyl carbamates (subject to hydrolysis) is 1. The second-order valence-electron chi connectivity index (χ2n) is 7.29. The van der Waals surface area contributed by atoms with E-state index < -0.39 is 11.7 Å². The van der Waals surface area contributed by atoms with Crippen molar-refractivity contribution in [1.29, 1.82) is 0 Å². The second-order valence-corrected chi connectivity index (χ2v) is 8.14. The van der Waals surface area contributed by atoms with Crippen molar-refractivity contribution in [3.8, 4) is 0 Å². The van der Waals surface area contributed by atoms with Crippen LogP contribution in [-0.4, -0.2) is 24.3 Å². The molecular weight excluding hydrogens is 375 g/mol. The van der Waals surface area contributed by atoms with Crippen LogP contribution in [0.4, 0.5) is 9.18 Å². The van der Waals surface area contributed by atoms with E-state index >= 15 is 0 Å². The SMILES string of the molecule is CC(NC(CNC(=O)OC(C)(C)C)C(C)C)c1ccc(F)cc1Br. The lowest BCUT2D eigenvalue weighted by molar-refractivity contribution is 0.0518. The predicted octanol–water partition coefficient (Wildman–Crippen LogP) is 4.79. The fourth-order valence-corrected chi connectivity index (χ4v) is 2.95. The van der Waals surface area contributed by atoms with E-state index in [-0.39, 0.29) is 17.9 Å². The van der Waals surface area contributed by atoms with Crippen molar-refractivity contribution < 1.29 is 13.9 Å². The molecule has 1 rings (SSSR count). The lowest BCUT2D eigenvalue weighted by Gasteiger charge is -2.28. The molecule has 0 aliphatic heterocycles. The fourth-order valence-electron chi connectivity index (χ4n) is 2.26. The monoisotopic (exact) mass is 402 g/mol. The lowest BCUT2D eigenvalue weighted by atomic mass is 10.0. The maximum absolute atomic E-state index is 13.2. The first-order chi connectivity index (χ1) is 11.0. The van der Waals surface area contributed by atoms with E-state index in [1.807, 2.05) is 27.7 Å². The van der Waals surface area contributed by atoms with E-state index in [4.69, 9.17) is 4.74 Å². The summed E-state index contributed by atoms with van der Waals surface area (Å²) >= 11 is 3.40. The number of benzene rings is 1. The van der Waals surface area contributed by atoms with Crippen LogP contribution in [0.15, 0.2) is 22.7 Å². The standard InChI is InChI=1S/C18H28BrFN2O2/c1-11(2)16(10-21-17(23)24-18(4,5)6)22-12(3)14-8-7-13(20)9-15(14)19/h7-9,11-12,16,22H,10H2,1-6H3,(H,21,23). The zero-order valence-corrected chi connectivity index (χ0v) is 16.8. The third kappa shape index (κ3) is 7.18. The second kappa shape index (κ2) is 8.81. The van der Waals surface area contributed by atoms with Gasteiger partial charge in [0, 0.05) is 23.1 Å². The summed E-state index contributed by atoms with van der Waals surface area (Å²) in [6.07, 6.45) is -0.425. The molecule has 24 heavy (non-hydrogen) atoms. The van der Waals surface area contributed by atoms with Gasteiger partial charge < -0.3 is 15.4 Å². The number of carbonyl (C=O) groups excluding carboxylic acids is 1. The number of hydrogen-bond donors (Lipinski definition) is 2. The number of carbonyl (C=O) groups is 1. The summed E-state index contributed by atoms with van der Waals surface area (Å²) in [7, 11) is 0. The van der Waals surface area contributed by atoms with Gasteiger partial charge in [0.05, 0.1) is 0 Å². The molecule has 0 saturated heterocycles. The molecule has 0 radical (unpaired) electrons. The van der Waals surface area contributed by atoms with E-state index in [0.29, 0.717) is 12.5 Å². The summed E-state index contributed by atoms with van der Waals surface area (Å²) in [5.74, 6) is 0.0337. The van der Waals surface area contributed by atoms with Crippen molar-refractivity contribution in [3.63, 3.8) is 0 Å². The molecule has 2 atom stereocenters. The number of amides is 1. The summed E-state index contributed by atoms with van der Waals surface area (Å²) in [5.41, 5.74) is 0.455. The number of halogens is 2. The molecule has 1 aromatic rings. The Labute approximate surface area is 152 Å². The maximum atomic E-state index is 13.2. The van der Waals surface area contributed by atoms with E-state index in [2.05, 4.69) is 40.4 Å². The predicted molar refractivity (Wildman–Crippen MR) is 98.5 cm³/mol. The van der Waals surface area contributed by atoms with Crippen LogP contribution < -0.4 is 10.6 Å². The van der Waals surface area contributed by atoms with Crippen LogP contribution >= 0.6 is 15.9 Å². The van der Waals surface area contributed by atoms with E-state index in [1.54, 1.807) is 6.07 Å². The first-order valence-corrected chi connectivity index (χ1v) is 8.96. The Morgan fingerprint density at radius 3 is 2.42 bits per heavy atom. The van der Waals surface area contributed by atoms with Crippen molar-refractivity contribution in [2.45, 2.75) is 59.2 Å². The molecule has 1 aromatic carbocycles. The van der Waals surface area contributed by atoms with Gasteiger partial charge in [0.25, 0.3) is 0 Å². The minimum atomic E-state index is -0.517. The zero-order chi connectivity index (χ0) is 18.5. The van der Waals surface area contributed by atoms with E-state index in [1.165, 1.54) is 12.1 Å². The Balaban J connectivity index is 2.67. The third-order valence-corrected chi connectivity index (χ3v) is 4.25. The van der Waals surface area contributed by atoms with Crippen molar-refractivity contribution in [3.05, 3.63) is 34.1 Å². The molecule has 2 N–H and O–H groups in total. The molecule has 1 amide bonds. The molecule has 0 saturated carbocycles. The Hall–Kier alpha value is -1.14. The van der Waals surface area contributed by atoms with Crippen LogP contribution in [0.5, 0.6) is 0 Å². The molecule has 0 heterocycles. The highest BCUT2D eigenvalue weighted by Crippen LogP contribution is 2.25. The van der Waals surface area contributed by atoms with Gasteiger partial charge in [-0.15, -0.1) is 0 Å². The summed E-state index contributed by atoms with van der Waals surface area (Å²) < 4.78 is 19.2. The largest absolute Gasteiger partial charge is 0.444 e. The highest BCUT2D eigenvalue weighted by molar-refractivity contribution is 9.10. The minimum absolute atomic E-state index is 0.00723. The van der Waals surface area contributed by atoms with Crippen LogP contribution in [0.2, 0.25) is 0 Å². The van der Waals surface area contributed by atoms with Crippen LogP contribution in [-0.2, 0) is 4.74 Å². The van der Waals surface area contributed by atoms with E-state index in [0.717, 1.165) is 10.0 Å². The molecular formula is C18H28BrFN2O2. The highest BCUT2D eigenvalue weighted by Gasteiger charge is 2.21. The lowest BCUT2D eigenvalue weighted by Crippen LogP contribution is -2.46. The number of rotatable bonds is 6. The minimum Gasteiger partial charge on any atom is -0.444 e. The van der Waals surface area contributed by atoms with Crippen LogP contribution in [0.1, 0.15) is 53.1 Å². The van der Waals surface area contributed by atoms with Gasteiger partial charge in [-0.2, -0.15) is 0 Å². The van der Waals surface area contributed by atoms with Gasteiger partial charge in [0.15, 0.2) is 0 Å². The molecule has 0 spiro atoms. The Bertz CT molecular complexity index is 558. The van der Waals surface area contributed by atoms with Crippen LogP contribution in [0, 0.1) is 11.7 Å². The van der Waals surface area contributed by atoms with Gasteiger partial charge in [0.1, 0.15) is 11.4 Å². The average molecular weight is 403 g/mol. The van der Waals surface area contributed by atoms with Crippen molar-refractivity contribution in [2.24, 2.45) is 5.92 Å². The van der Waals surface area contributed by atoms with Crippen LogP contribution in [0.25, 0.3) is 0 Å². The Morgan fingerprint density at radius 2 is 1.92 bits per heavy atom. The topological polar surface area (TPSA) is 50.4 Å². The quantitative estimate of drug-likeness (QED) is 0.718. The number of hydrogen-bond acceptors (Lipinski definition) is 3. The van der Waals surface area contributed by atoms with Gasteiger partial charge in [0.2, 0.25) is 0 Å². The molecule has 4 nitrogen and oxygen atoms in total. The first kappa shape index (κ1) is 20.9. The van der Waals surface area contributed by atoms with E-state index in [9.17, 15) is 9.18 Å². The molecule has 6 heteroatoms. The van der Waals surface area contributed by atoms with Crippen molar-refractivity contribution in [2.75, 3.05) is 6.54 Å². The number of nitrogens with one attached hydrogen (secondary N) is 2. The fraction of sp³-hybridized carbons (Fsp3) is 0.611. The molecule has 136 valence electrons. The molecule has 0 fully saturated rings. The third-order valence-electron chi connectivity index (χ3n) is 3.56. The van der Waals surface area contributed by atoms with Crippen molar-refractivity contribution in [1.82, 2.24) is 10.6 Å². The van der Waals surface area contributed by atoms with Gasteiger partial charge in [-0.25, -0.2) is 9.18 Å². The average Bonchev–Trinajstić information content (AvgIpc) is 2.40. The molecule has 0 aliphatic rings. The molecule has 2 unspecified atom stereocenters. The van der Waals surface area contributed by atoms with Crippen LogP contribution in [0.3, 0.4) is 0 Å². The number of ether oxygens (including phenoxy) is 1. The summed E-state index contributed by atoms with van der Waals surface area (Å²) in [6, 6.07) is 4.73. The Kier molecular flexibility index (Phi) is 7.67. The molecule has 0 bridgehead atoms. The van der Waals surface area contributed by atoms with Gasteiger partial charge in [-0.05, 0) is 51.3 Å². The van der Waals surface area contributed by atoms with Gasteiger partial charge in [-0.1, -0.05) is 35.8 Å². The highest BCUT2D eigenvalue weighted by atomic mass is 79.9. The summed E-state index contributed by atoms with van der Waals surface area (Å²) in [4.78, 5) is 11.8. The van der Waals surface area contributed by atoms with Crippen molar-refractivity contribution >= 4 is 22.0 Å². The Morgan fingerprint density at radius 1 is 1.29 bits per heavy atom. The van der Waals surface area contributed by atoms with Gasteiger partial charge >= 0.3 is 6.09 Å². The summed E-state index contributed by atoms with van der Waals surface area (Å²) in [6.45, 7) is 12.1. The normalized spacial score (nSPS) is 14.4. The zero-order valence-electron chi connectivity index (χ0n) is 15.2. The van der Waals surface area contributed by atoms with Gasteiger partial charge in [-0.3, -0.25) is 0 Å². The molecule has 0 aromatic heterocycles. The molecule has 0 aliphatic carbocycles.